The van der Waals surface area contributed by atoms with Crippen LogP contribution in [0.15, 0.2) is 16.7 Å². The van der Waals surface area contributed by atoms with Gasteiger partial charge in [0.15, 0.2) is 11.6 Å². The Bertz CT molecular complexity index is 441. The molecule has 0 radical (unpaired) electrons. The molecule has 1 aromatic heterocycles. The lowest BCUT2D eigenvalue weighted by atomic mass is 10.2. The second-order valence-corrected chi connectivity index (χ2v) is 4.75. The van der Waals surface area contributed by atoms with E-state index in [4.69, 9.17) is 4.74 Å². The fourth-order valence-corrected chi connectivity index (χ4v) is 2.32. The summed E-state index contributed by atoms with van der Waals surface area (Å²) in [5.74, 6) is -0.567. The van der Waals surface area contributed by atoms with Gasteiger partial charge in [0.1, 0.15) is 6.04 Å². The highest BCUT2D eigenvalue weighted by Crippen LogP contribution is 2.27. The fraction of sp³-hybridized carbons (Fsp3) is 0.455. The van der Waals surface area contributed by atoms with Gasteiger partial charge in [0.2, 0.25) is 0 Å². The van der Waals surface area contributed by atoms with Gasteiger partial charge in [0, 0.05) is 17.2 Å². The Balaban J connectivity index is 2.29. The summed E-state index contributed by atoms with van der Waals surface area (Å²) in [7, 11) is 1.34. The molecule has 92 valence electrons. The molecule has 2 rings (SSSR count). The normalized spacial score (nSPS) is 19.5. The van der Waals surface area contributed by atoms with Crippen molar-refractivity contribution in [2.45, 2.75) is 18.9 Å². The number of halogens is 2. The maximum Gasteiger partial charge on any atom is 0.328 e. The molecular formula is C11H12BrFN2O2. The first-order chi connectivity index (χ1) is 8.13. The summed E-state index contributed by atoms with van der Waals surface area (Å²) in [5, 5.41) is 0. The molecule has 2 heterocycles. The molecular weight excluding hydrogens is 291 g/mol. The van der Waals surface area contributed by atoms with Crippen molar-refractivity contribution in [3.05, 3.63) is 22.6 Å². The topological polar surface area (TPSA) is 42.4 Å². The minimum Gasteiger partial charge on any atom is -0.467 e. The summed E-state index contributed by atoms with van der Waals surface area (Å²) in [6, 6.07) is 0.915. The summed E-state index contributed by atoms with van der Waals surface area (Å²) in [5.41, 5.74) is 0. The number of carbonyl (C=O) groups is 1. The van der Waals surface area contributed by atoms with Crippen LogP contribution in [-0.4, -0.2) is 30.6 Å². The molecule has 6 heteroatoms. The van der Waals surface area contributed by atoms with Crippen molar-refractivity contribution in [1.82, 2.24) is 4.98 Å². The van der Waals surface area contributed by atoms with Gasteiger partial charge in [0.25, 0.3) is 0 Å². The van der Waals surface area contributed by atoms with Gasteiger partial charge in [0.05, 0.1) is 7.11 Å². The van der Waals surface area contributed by atoms with Crippen molar-refractivity contribution >= 4 is 27.7 Å². The number of rotatable bonds is 2. The Labute approximate surface area is 107 Å². The maximum absolute atomic E-state index is 13.8. The maximum atomic E-state index is 13.8. The van der Waals surface area contributed by atoms with E-state index in [9.17, 15) is 9.18 Å². The van der Waals surface area contributed by atoms with Gasteiger partial charge in [-0.1, -0.05) is 0 Å². The molecule has 1 aliphatic heterocycles. The molecule has 1 aromatic rings. The Morgan fingerprint density at radius 1 is 1.71 bits per heavy atom. The number of carbonyl (C=O) groups excluding carboxylic acids is 1. The number of aromatic nitrogens is 1. The molecule has 1 unspecified atom stereocenters. The zero-order valence-electron chi connectivity index (χ0n) is 9.32. The summed E-state index contributed by atoms with van der Waals surface area (Å²) < 4.78 is 19.0. The van der Waals surface area contributed by atoms with E-state index >= 15 is 0 Å². The van der Waals surface area contributed by atoms with E-state index in [1.165, 1.54) is 19.4 Å². The SMILES string of the molecule is COC(=O)C1CCCN1c1ncc(Br)cc1F. The molecule has 0 saturated carbocycles. The third-order valence-electron chi connectivity index (χ3n) is 2.79. The van der Waals surface area contributed by atoms with Gasteiger partial charge in [-0.05, 0) is 34.8 Å². The van der Waals surface area contributed by atoms with E-state index < -0.39 is 11.9 Å². The first-order valence-electron chi connectivity index (χ1n) is 5.29. The monoisotopic (exact) mass is 302 g/mol. The van der Waals surface area contributed by atoms with Crippen LogP contribution in [0.25, 0.3) is 0 Å². The Hall–Kier alpha value is -1.17. The van der Waals surface area contributed by atoms with Gasteiger partial charge in [-0.15, -0.1) is 0 Å². The average Bonchev–Trinajstić information content (AvgIpc) is 2.77. The van der Waals surface area contributed by atoms with Crippen LogP contribution >= 0.6 is 15.9 Å². The van der Waals surface area contributed by atoms with Crippen molar-refractivity contribution in [1.29, 1.82) is 0 Å². The molecule has 0 bridgehead atoms. The molecule has 1 saturated heterocycles. The summed E-state index contributed by atoms with van der Waals surface area (Å²) >= 11 is 3.15. The highest BCUT2D eigenvalue weighted by Gasteiger charge is 2.33. The second-order valence-electron chi connectivity index (χ2n) is 3.83. The van der Waals surface area contributed by atoms with E-state index in [1.807, 2.05) is 0 Å². The fourth-order valence-electron chi connectivity index (χ4n) is 2.02. The van der Waals surface area contributed by atoms with Crippen molar-refractivity contribution in [2.75, 3.05) is 18.6 Å². The summed E-state index contributed by atoms with van der Waals surface area (Å²) in [6.45, 7) is 0.616. The molecule has 0 amide bonds. The lowest BCUT2D eigenvalue weighted by Crippen LogP contribution is -2.37. The lowest BCUT2D eigenvalue weighted by Gasteiger charge is -2.23. The van der Waals surface area contributed by atoms with Crippen molar-refractivity contribution in [3.8, 4) is 0 Å². The highest BCUT2D eigenvalue weighted by atomic mass is 79.9. The van der Waals surface area contributed by atoms with E-state index in [0.29, 0.717) is 17.4 Å². The molecule has 4 nitrogen and oxygen atoms in total. The molecule has 0 N–H and O–H groups in total. The number of esters is 1. The summed E-state index contributed by atoms with van der Waals surface area (Å²) in [4.78, 5) is 17.2. The van der Waals surface area contributed by atoms with Gasteiger partial charge >= 0.3 is 5.97 Å². The van der Waals surface area contributed by atoms with Gasteiger partial charge in [-0.3, -0.25) is 0 Å². The average molecular weight is 303 g/mol. The Kier molecular flexibility index (Phi) is 3.61. The van der Waals surface area contributed by atoms with E-state index in [2.05, 4.69) is 20.9 Å². The number of ether oxygens (including phenoxy) is 1. The first kappa shape index (κ1) is 12.3. The number of nitrogens with zero attached hydrogens (tertiary/aromatic N) is 2. The Morgan fingerprint density at radius 2 is 2.47 bits per heavy atom. The Morgan fingerprint density at radius 3 is 3.12 bits per heavy atom. The second kappa shape index (κ2) is 5.00. The lowest BCUT2D eigenvalue weighted by molar-refractivity contribution is -0.141. The van der Waals surface area contributed by atoms with Crippen molar-refractivity contribution in [3.63, 3.8) is 0 Å². The summed E-state index contributed by atoms with van der Waals surface area (Å²) in [6.07, 6.45) is 3.02. The van der Waals surface area contributed by atoms with Crippen LogP contribution in [0.3, 0.4) is 0 Å². The van der Waals surface area contributed by atoms with Crippen LogP contribution in [0.2, 0.25) is 0 Å². The van der Waals surface area contributed by atoms with E-state index in [1.54, 1.807) is 4.90 Å². The van der Waals surface area contributed by atoms with Gasteiger partial charge in [-0.25, -0.2) is 14.2 Å². The molecule has 0 aliphatic carbocycles. The smallest absolute Gasteiger partial charge is 0.328 e. The molecule has 0 spiro atoms. The van der Waals surface area contributed by atoms with Crippen LogP contribution in [0.5, 0.6) is 0 Å². The number of methoxy groups -OCH3 is 1. The predicted octanol–water partition coefficient (Wildman–Crippen LogP) is 2.12. The van der Waals surface area contributed by atoms with Crippen LogP contribution in [-0.2, 0) is 9.53 Å². The van der Waals surface area contributed by atoms with Gasteiger partial charge in [-0.2, -0.15) is 0 Å². The minimum absolute atomic E-state index is 0.209. The molecule has 1 atom stereocenters. The third-order valence-corrected chi connectivity index (χ3v) is 3.22. The largest absolute Gasteiger partial charge is 0.467 e. The zero-order chi connectivity index (χ0) is 12.4. The third kappa shape index (κ3) is 2.41. The number of hydrogen-bond donors (Lipinski definition) is 0. The van der Waals surface area contributed by atoms with E-state index in [-0.39, 0.29) is 11.8 Å². The molecule has 0 aromatic carbocycles. The van der Waals surface area contributed by atoms with Crippen molar-refractivity contribution in [2.24, 2.45) is 0 Å². The first-order valence-corrected chi connectivity index (χ1v) is 6.08. The number of pyridine rings is 1. The minimum atomic E-state index is -0.435. The number of hydrogen-bond acceptors (Lipinski definition) is 4. The zero-order valence-corrected chi connectivity index (χ0v) is 10.9. The van der Waals surface area contributed by atoms with Crippen LogP contribution in [0, 0.1) is 5.82 Å². The number of anilines is 1. The predicted molar refractivity (Wildman–Crippen MR) is 64.3 cm³/mol. The van der Waals surface area contributed by atoms with Crippen LogP contribution in [0.4, 0.5) is 10.2 Å². The van der Waals surface area contributed by atoms with Crippen LogP contribution in [0.1, 0.15) is 12.8 Å². The van der Waals surface area contributed by atoms with E-state index in [0.717, 1.165) is 6.42 Å². The molecule has 1 fully saturated rings. The van der Waals surface area contributed by atoms with Crippen molar-refractivity contribution < 1.29 is 13.9 Å². The highest BCUT2D eigenvalue weighted by molar-refractivity contribution is 9.10. The standard InChI is InChI=1S/C11H12BrFN2O2/c1-17-11(16)9-3-2-4-15(9)10-8(13)5-7(12)6-14-10/h5-6,9H,2-4H2,1H3. The van der Waals surface area contributed by atoms with Crippen LogP contribution < -0.4 is 4.90 Å². The molecule has 1 aliphatic rings. The van der Waals surface area contributed by atoms with Gasteiger partial charge < -0.3 is 9.64 Å². The quantitative estimate of drug-likeness (QED) is 0.785. The molecule has 17 heavy (non-hydrogen) atoms.